The van der Waals surface area contributed by atoms with Crippen molar-refractivity contribution in [1.29, 1.82) is 0 Å². The third kappa shape index (κ3) is 18.0. The molecule has 0 aliphatic heterocycles. The van der Waals surface area contributed by atoms with Gasteiger partial charge in [-0.05, 0) is 32.0 Å². The molecule has 1 unspecified atom stereocenters. The first kappa shape index (κ1) is 23.6. The van der Waals surface area contributed by atoms with Gasteiger partial charge in [-0.25, -0.2) is 0 Å². The molecule has 0 aliphatic rings. The molecule has 4 heteroatoms. The van der Waals surface area contributed by atoms with Gasteiger partial charge < -0.3 is 9.53 Å². The Morgan fingerprint density at radius 2 is 1.33 bits per heavy atom. The maximum Gasteiger partial charge on any atom is 0.303 e. The lowest BCUT2D eigenvalue weighted by atomic mass is 9.98. The Bertz CT molecular complexity index is 300. The van der Waals surface area contributed by atoms with Crippen molar-refractivity contribution in [2.45, 2.75) is 110 Å². The van der Waals surface area contributed by atoms with Gasteiger partial charge in [-0.1, -0.05) is 77.6 Å². The summed E-state index contributed by atoms with van der Waals surface area (Å²) in [5.41, 5.74) is 0. The Morgan fingerprint density at radius 3 is 1.75 bits per heavy atom. The zero-order valence-corrected chi connectivity index (χ0v) is 17.7. The molecular weight excluding hydrogens is 316 g/mol. The standard InChI is InChI=1S/C20H42O3Si/c1-5-6-7-8-9-10-11-12-13-14-15-16-19(17-20(21)22)18-23-24(2,3)4/h19H,5-18H2,1-4H3,(H,21,22). The van der Waals surface area contributed by atoms with E-state index in [-0.39, 0.29) is 12.3 Å². The maximum absolute atomic E-state index is 11.0. The molecular formula is C20H42O3Si. The highest BCUT2D eigenvalue weighted by molar-refractivity contribution is 6.69. The van der Waals surface area contributed by atoms with Crippen LogP contribution >= 0.6 is 0 Å². The van der Waals surface area contributed by atoms with Gasteiger partial charge in [-0.2, -0.15) is 0 Å². The van der Waals surface area contributed by atoms with Gasteiger partial charge in [0.15, 0.2) is 8.32 Å². The smallest absolute Gasteiger partial charge is 0.303 e. The molecule has 0 saturated carbocycles. The molecule has 0 aromatic rings. The van der Waals surface area contributed by atoms with Gasteiger partial charge in [0, 0.05) is 6.61 Å². The van der Waals surface area contributed by atoms with Crippen LogP contribution in [0.2, 0.25) is 19.6 Å². The van der Waals surface area contributed by atoms with Crippen molar-refractivity contribution in [3.05, 3.63) is 0 Å². The first-order valence-corrected chi connectivity index (χ1v) is 13.6. The van der Waals surface area contributed by atoms with Crippen LogP contribution in [-0.2, 0) is 9.22 Å². The highest BCUT2D eigenvalue weighted by atomic mass is 28.4. The topological polar surface area (TPSA) is 46.5 Å². The van der Waals surface area contributed by atoms with Gasteiger partial charge in [0.2, 0.25) is 0 Å². The molecule has 3 nitrogen and oxygen atoms in total. The zero-order valence-electron chi connectivity index (χ0n) is 16.7. The number of hydrogen-bond donors (Lipinski definition) is 1. The first-order chi connectivity index (χ1) is 11.3. The lowest BCUT2D eigenvalue weighted by molar-refractivity contribution is -0.138. The Labute approximate surface area is 151 Å². The molecule has 0 radical (unpaired) electrons. The largest absolute Gasteiger partial charge is 0.481 e. The molecule has 0 aromatic heterocycles. The Hall–Kier alpha value is -0.353. The van der Waals surface area contributed by atoms with Crippen LogP contribution in [0.25, 0.3) is 0 Å². The van der Waals surface area contributed by atoms with Gasteiger partial charge in [0.25, 0.3) is 0 Å². The summed E-state index contributed by atoms with van der Waals surface area (Å²) in [5.74, 6) is -0.505. The van der Waals surface area contributed by atoms with E-state index in [1.165, 1.54) is 64.2 Å². The number of rotatable bonds is 17. The van der Waals surface area contributed by atoms with Crippen LogP contribution in [0, 0.1) is 5.92 Å². The Morgan fingerprint density at radius 1 is 0.875 bits per heavy atom. The summed E-state index contributed by atoms with van der Waals surface area (Å²) < 4.78 is 5.92. The normalized spacial score (nSPS) is 13.2. The average molecular weight is 359 g/mol. The summed E-state index contributed by atoms with van der Waals surface area (Å²) in [6.07, 6.45) is 15.9. The van der Waals surface area contributed by atoms with E-state index in [0.29, 0.717) is 6.61 Å². The summed E-state index contributed by atoms with van der Waals surface area (Å²) in [6, 6.07) is 0. The minimum absolute atomic E-state index is 0.188. The number of unbranched alkanes of at least 4 members (excludes halogenated alkanes) is 10. The first-order valence-electron chi connectivity index (χ1n) is 10.2. The average Bonchev–Trinajstić information content (AvgIpc) is 2.48. The van der Waals surface area contributed by atoms with Crippen LogP contribution in [-0.4, -0.2) is 26.0 Å². The highest BCUT2D eigenvalue weighted by Gasteiger charge is 2.19. The van der Waals surface area contributed by atoms with E-state index in [1.54, 1.807) is 0 Å². The molecule has 0 fully saturated rings. The minimum Gasteiger partial charge on any atom is -0.481 e. The fraction of sp³-hybridized carbons (Fsp3) is 0.950. The number of carboxylic acid groups (broad SMARTS) is 1. The summed E-state index contributed by atoms with van der Waals surface area (Å²) in [6.45, 7) is 9.37. The minimum atomic E-state index is -1.55. The maximum atomic E-state index is 11.0. The number of carboxylic acids is 1. The second-order valence-electron chi connectivity index (χ2n) is 8.21. The van der Waals surface area contributed by atoms with E-state index < -0.39 is 14.3 Å². The summed E-state index contributed by atoms with van der Waals surface area (Å²) in [4.78, 5) is 11.0. The summed E-state index contributed by atoms with van der Waals surface area (Å²) >= 11 is 0. The molecule has 0 heterocycles. The van der Waals surface area contributed by atoms with E-state index in [1.807, 2.05) is 0 Å². The third-order valence-electron chi connectivity index (χ3n) is 4.43. The van der Waals surface area contributed by atoms with Gasteiger partial charge in [-0.3, -0.25) is 4.79 Å². The second-order valence-corrected chi connectivity index (χ2v) is 12.7. The van der Waals surface area contributed by atoms with Crippen LogP contribution in [0.1, 0.15) is 90.4 Å². The molecule has 1 N–H and O–H groups in total. The van der Waals surface area contributed by atoms with Gasteiger partial charge in [0.1, 0.15) is 0 Å². The molecule has 0 bridgehead atoms. The van der Waals surface area contributed by atoms with Crippen molar-refractivity contribution < 1.29 is 14.3 Å². The summed E-state index contributed by atoms with van der Waals surface area (Å²) in [5, 5.41) is 9.05. The molecule has 0 amide bonds. The molecule has 0 rings (SSSR count). The van der Waals surface area contributed by atoms with Crippen molar-refractivity contribution in [1.82, 2.24) is 0 Å². The number of carbonyl (C=O) groups is 1. The molecule has 0 aliphatic carbocycles. The molecule has 24 heavy (non-hydrogen) atoms. The van der Waals surface area contributed by atoms with E-state index in [4.69, 9.17) is 9.53 Å². The van der Waals surface area contributed by atoms with Gasteiger partial charge in [0.05, 0.1) is 6.42 Å². The van der Waals surface area contributed by atoms with E-state index >= 15 is 0 Å². The van der Waals surface area contributed by atoms with E-state index in [2.05, 4.69) is 26.6 Å². The Kier molecular flexibility index (Phi) is 14.7. The van der Waals surface area contributed by atoms with Gasteiger partial charge in [-0.15, -0.1) is 0 Å². The zero-order chi connectivity index (χ0) is 18.3. The van der Waals surface area contributed by atoms with Crippen molar-refractivity contribution >= 4 is 14.3 Å². The predicted octanol–water partition coefficient (Wildman–Crippen LogP) is 6.63. The molecule has 0 saturated heterocycles. The van der Waals surface area contributed by atoms with Crippen molar-refractivity contribution in [2.24, 2.45) is 5.92 Å². The molecule has 0 spiro atoms. The lowest BCUT2D eigenvalue weighted by Crippen LogP contribution is -2.29. The number of aliphatic carboxylic acids is 1. The lowest BCUT2D eigenvalue weighted by Gasteiger charge is -2.22. The fourth-order valence-corrected chi connectivity index (χ4v) is 3.69. The van der Waals surface area contributed by atoms with Crippen LogP contribution < -0.4 is 0 Å². The second kappa shape index (κ2) is 14.9. The quantitative estimate of drug-likeness (QED) is 0.234. The van der Waals surface area contributed by atoms with Crippen LogP contribution in [0.5, 0.6) is 0 Å². The fourth-order valence-electron chi connectivity index (χ4n) is 2.96. The monoisotopic (exact) mass is 358 g/mol. The van der Waals surface area contributed by atoms with E-state index in [9.17, 15) is 4.79 Å². The van der Waals surface area contributed by atoms with Crippen molar-refractivity contribution in [3.63, 3.8) is 0 Å². The van der Waals surface area contributed by atoms with Crippen molar-refractivity contribution in [3.8, 4) is 0 Å². The molecule has 144 valence electrons. The van der Waals surface area contributed by atoms with Crippen LogP contribution in [0.3, 0.4) is 0 Å². The molecule has 1 atom stereocenters. The van der Waals surface area contributed by atoms with Gasteiger partial charge >= 0.3 is 5.97 Å². The van der Waals surface area contributed by atoms with E-state index in [0.717, 1.165) is 12.8 Å². The predicted molar refractivity (Wildman–Crippen MR) is 106 cm³/mol. The highest BCUT2D eigenvalue weighted by Crippen LogP contribution is 2.18. The molecule has 0 aromatic carbocycles. The number of hydrogen-bond acceptors (Lipinski definition) is 2. The van der Waals surface area contributed by atoms with Crippen LogP contribution in [0.4, 0.5) is 0 Å². The third-order valence-corrected chi connectivity index (χ3v) is 5.46. The SMILES string of the molecule is CCCCCCCCCCCCCC(CO[Si](C)(C)C)CC(=O)O. The van der Waals surface area contributed by atoms with Crippen LogP contribution in [0.15, 0.2) is 0 Å². The summed E-state index contributed by atoms with van der Waals surface area (Å²) in [7, 11) is -1.55. The Balaban J connectivity index is 3.60. The van der Waals surface area contributed by atoms with Crippen molar-refractivity contribution in [2.75, 3.05) is 6.61 Å².